The highest BCUT2D eigenvalue weighted by molar-refractivity contribution is 5.81. The number of methoxy groups -OCH3 is 1. The lowest BCUT2D eigenvalue weighted by atomic mass is 9.82. The molecule has 4 rings (SSSR count). The van der Waals surface area contributed by atoms with Crippen LogP contribution in [0.5, 0.6) is 5.75 Å². The molecule has 1 unspecified atom stereocenters. The second-order valence-corrected chi connectivity index (χ2v) is 7.62. The molecule has 1 atom stereocenters. The van der Waals surface area contributed by atoms with Gasteiger partial charge in [-0.15, -0.1) is 0 Å². The molecule has 0 aliphatic heterocycles. The van der Waals surface area contributed by atoms with Crippen LogP contribution in [0, 0.1) is 0 Å². The molecule has 2 aromatic carbocycles. The first-order valence-corrected chi connectivity index (χ1v) is 9.93. The smallest absolute Gasteiger partial charge is 0.122 e. The van der Waals surface area contributed by atoms with E-state index in [4.69, 9.17) is 4.74 Å². The average molecular weight is 361 g/mol. The van der Waals surface area contributed by atoms with E-state index in [9.17, 15) is 0 Å². The lowest BCUT2D eigenvalue weighted by Gasteiger charge is -2.30. The summed E-state index contributed by atoms with van der Waals surface area (Å²) >= 11 is 0. The van der Waals surface area contributed by atoms with Crippen molar-refractivity contribution in [3.8, 4) is 5.75 Å². The summed E-state index contributed by atoms with van der Waals surface area (Å²) in [6.45, 7) is 2.14. The highest BCUT2D eigenvalue weighted by atomic mass is 16.5. The number of likely N-dealkylation sites (N-methyl/N-ethyl adjacent to an activating group) is 1. The van der Waals surface area contributed by atoms with E-state index in [0.717, 1.165) is 37.2 Å². The zero-order valence-corrected chi connectivity index (χ0v) is 16.3. The minimum absolute atomic E-state index is 0.597. The summed E-state index contributed by atoms with van der Waals surface area (Å²) in [6.07, 6.45) is 6.57. The number of nitrogens with zero attached hydrogens (tertiary/aromatic N) is 2. The number of hydrogen-bond donors (Lipinski definition) is 0. The molecule has 3 heteroatoms. The largest absolute Gasteiger partial charge is 0.496 e. The Morgan fingerprint density at radius 3 is 2.85 bits per heavy atom. The Kier molecular flexibility index (Phi) is 5.40. The van der Waals surface area contributed by atoms with Crippen molar-refractivity contribution in [2.45, 2.75) is 31.6 Å². The molecule has 1 heterocycles. The molecular formula is C24H28N2O. The number of rotatable bonds is 6. The van der Waals surface area contributed by atoms with Crippen molar-refractivity contribution in [1.82, 2.24) is 9.88 Å². The fourth-order valence-corrected chi connectivity index (χ4v) is 4.44. The SMILES string of the molecule is COc1cccc2c1CCCC2CN(C)CCc1cccc2cccnc12. The van der Waals surface area contributed by atoms with Crippen molar-refractivity contribution in [3.05, 3.63) is 71.4 Å². The molecule has 0 amide bonds. The van der Waals surface area contributed by atoms with Crippen molar-refractivity contribution in [1.29, 1.82) is 0 Å². The summed E-state index contributed by atoms with van der Waals surface area (Å²) in [5.41, 5.74) is 5.38. The molecule has 27 heavy (non-hydrogen) atoms. The van der Waals surface area contributed by atoms with Gasteiger partial charge in [0.1, 0.15) is 5.75 Å². The third kappa shape index (κ3) is 3.84. The first-order chi connectivity index (χ1) is 13.3. The number of pyridine rings is 1. The Morgan fingerprint density at radius 1 is 1.11 bits per heavy atom. The number of fused-ring (bicyclic) bond motifs is 2. The van der Waals surface area contributed by atoms with Crippen LogP contribution in [0.25, 0.3) is 10.9 Å². The van der Waals surface area contributed by atoms with Gasteiger partial charge in [-0.25, -0.2) is 0 Å². The van der Waals surface area contributed by atoms with E-state index >= 15 is 0 Å². The predicted molar refractivity (Wildman–Crippen MR) is 112 cm³/mol. The van der Waals surface area contributed by atoms with Crippen LogP contribution in [0.15, 0.2) is 54.7 Å². The minimum Gasteiger partial charge on any atom is -0.496 e. The Morgan fingerprint density at radius 2 is 1.96 bits per heavy atom. The molecule has 140 valence electrons. The topological polar surface area (TPSA) is 25.4 Å². The summed E-state index contributed by atoms with van der Waals surface area (Å²) in [5, 5.41) is 1.23. The van der Waals surface area contributed by atoms with Crippen molar-refractivity contribution >= 4 is 10.9 Å². The molecule has 1 aromatic heterocycles. The molecule has 0 saturated carbocycles. The van der Waals surface area contributed by atoms with Gasteiger partial charge < -0.3 is 9.64 Å². The Hall–Kier alpha value is -2.39. The van der Waals surface area contributed by atoms with Crippen LogP contribution in [0.1, 0.15) is 35.4 Å². The quantitative estimate of drug-likeness (QED) is 0.629. The zero-order chi connectivity index (χ0) is 18.6. The van der Waals surface area contributed by atoms with Crippen LogP contribution >= 0.6 is 0 Å². The number of hydrogen-bond acceptors (Lipinski definition) is 3. The van der Waals surface area contributed by atoms with Crippen molar-refractivity contribution < 1.29 is 4.74 Å². The summed E-state index contributed by atoms with van der Waals surface area (Å²) in [4.78, 5) is 7.06. The minimum atomic E-state index is 0.597. The molecule has 0 spiro atoms. The molecule has 1 aliphatic carbocycles. The van der Waals surface area contributed by atoms with E-state index in [0.29, 0.717) is 5.92 Å². The fraction of sp³-hybridized carbons (Fsp3) is 0.375. The van der Waals surface area contributed by atoms with Gasteiger partial charge in [-0.1, -0.05) is 36.4 Å². The molecule has 3 nitrogen and oxygen atoms in total. The third-order valence-electron chi connectivity index (χ3n) is 5.82. The fourth-order valence-electron chi connectivity index (χ4n) is 4.44. The molecule has 1 aliphatic rings. The van der Waals surface area contributed by atoms with E-state index in [-0.39, 0.29) is 0 Å². The standard InChI is InChI=1S/C24H28N2O/c1-26(16-14-19-8-3-7-18-10-6-15-25-24(18)19)17-20-9-4-12-22-21(20)11-5-13-23(22)27-2/h3,5-8,10-11,13,15,20H,4,9,12,14,16-17H2,1-2H3. The second-order valence-electron chi connectivity index (χ2n) is 7.62. The Balaban J connectivity index is 1.44. The van der Waals surface area contributed by atoms with Crippen molar-refractivity contribution in [2.24, 2.45) is 0 Å². The van der Waals surface area contributed by atoms with Gasteiger partial charge in [0.25, 0.3) is 0 Å². The third-order valence-corrected chi connectivity index (χ3v) is 5.82. The first-order valence-electron chi connectivity index (χ1n) is 9.93. The van der Waals surface area contributed by atoms with Gasteiger partial charge in [-0.2, -0.15) is 0 Å². The first kappa shape index (κ1) is 18.0. The summed E-state index contributed by atoms with van der Waals surface area (Å²) in [7, 11) is 4.02. The zero-order valence-electron chi connectivity index (χ0n) is 16.3. The average Bonchev–Trinajstić information content (AvgIpc) is 2.72. The van der Waals surface area contributed by atoms with Crippen molar-refractivity contribution in [2.75, 3.05) is 27.2 Å². The monoisotopic (exact) mass is 360 g/mol. The maximum Gasteiger partial charge on any atom is 0.122 e. The molecule has 0 radical (unpaired) electrons. The van der Waals surface area contributed by atoms with Crippen LogP contribution in [0.4, 0.5) is 0 Å². The van der Waals surface area contributed by atoms with E-state index in [1.165, 1.54) is 34.9 Å². The lowest BCUT2D eigenvalue weighted by Crippen LogP contribution is -2.28. The number of benzene rings is 2. The molecule has 0 saturated heterocycles. The predicted octanol–water partition coefficient (Wildman–Crippen LogP) is 4.84. The number of ether oxygens (including phenoxy) is 1. The van der Waals surface area contributed by atoms with Crippen LogP contribution in [0.2, 0.25) is 0 Å². The van der Waals surface area contributed by atoms with Gasteiger partial charge >= 0.3 is 0 Å². The van der Waals surface area contributed by atoms with Gasteiger partial charge in [0.05, 0.1) is 12.6 Å². The van der Waals surface area contributed by atoms with E-state index in [2.05, 4.69) is 59.4 Å². The molecule has 0 fully saturated rings. The van der Waals surface area contributed by atoms with Crippen LogP contribution in [-0.2, 0) is 12.8 Å². The number of para-hydroxylation sites is 1. The van der Waals surface area contributed by atoms with Gasteiger partial charge in [0.2, 0.25) is 0 Å². The normalized spacial score (nSPS) is 16.5. The van der Waals surface area contributed by atoms with Crippen LogP contribution < -0.4 is 4.74 Å². The van der Waals surface area contributed by atoms with E-state index < -0.39 is 0 Å². The van der Waals surface area contributed by atoms with Crippen molar-refractivity contribution in [3.63, 3.8) is 0 Å². The second kappa shape index (κ2) is 8.10. The maximum atomic E-state index is 5.59. The van der Waals surface area contributed by atoms with Gasteiger partial charge in [-0.3, -0.25) is 4.98 Å². The number of aromatic nitrogens is 1. The lowest BCUT2D eigenvalue weighted by molar-refractivity contribution is 0.299. The van der Waals surface area contributed by atoms with E-state index in [1.54, 1.807) is 7.11 Å². The summed E-state index contributed by atoms with van der Waals surface area (Å²) in [6, 6.07) is 17.2. The highest BCUT2D eigenvalue weighted by Crippen LogP contribution is 2.36. The molecule has 0 N–H and O–H groups in total. The Labute approximate surface area is 162 Å². The summed E-state index contributed by atoms with van der Waals surface area (Å²) in [5.74, 6) is 1.65. The van der Waals surface area contributed by atoms with Crippen LogP contribution in [-0.4, -0.2) is 37.1 Å². The maximum absolute atomic E-state index is 5.59. The Bertz CT molecular complexity index is 916. The highest BCUT2D eigenvalue weighted by Gasteiger charge is 2.23. The van der Waals surface area contributed by atoms with Gasteiger partial charge in [0.15, 0.2) is 0 Å². The van der Waals surface area contributed by atoms with Gasteiger partial charge in [-0.05, 0) is 67.5 Å². The van der Waals surface area contributed by atoms with Crippen LogP contribution in [0.3, 0.4) is 0 Å². The van der Waals surface area contributed by atoms with E-state index in [1.807, 2.05) is 12.3 Å². The molecule has 3 aromatic rings. The summed E-state index contributed by atoms with van der Waals surface area (Å²) < 4.78 is 5.59. The molecular weight excluding hydrogens is 332 g/mol. The molecule has 0 bridgehead atoms. The van der Waals surface area contributed by atoms with Gasteiger partial charge in [0, 0.05) is 24.7 Å².